The van der Waals surface area contributed by atoms with Crippen LogP contribution < -0.4 is 14.4 Å². The maximum Gasteiger partial charge on any atom is 0.214 e. The van der Waals surface area contributed by atoms with Gasteiger partial charge in [0.2, 0.25) is 6.41 Å². The summed E-state index contributed by atoms with van der Waals surface area (Å²) in [4.78, 5) is 18.1. The molecule has 0 aromatic heterocycles. The standard InChI is InChI=1S/C25H24N2O3/c1-18-12-24(29-2)25(30-16-19-8-4-3-5-9-19)14-22(18)26-15-21-13-20-10-6-7-11-23(20)27(21)17-28/h3-12,14-15,17,21H,13,16H2,1-2H3/t21-/m0/s1. The van der Waals surface area contributed by atoms with Crippen molar-refractivity contribution < 1.29 is 14.3 Å². The normalized spacial score (nSPS) is 15.3. The summed E-state index contributed by atoms with van der Waals surface area (Å²) in [6.07, 6.45) is 3.47. The zero-order chi connectivity index (χ0) is 20.9. The molecule has 1 atom stereocenters. The van der Waals surface area contributed by atoms with E-state index in [1.165, 1.54) is 0 Å². The fourth-order valence-electron chi connectivity index (χ4n) is 3.66. The number of nitrogens with zero attached hydrogens (tertiary/aromatic N) is 2. The van der Waals surface area contributed by atoms with Gasteiger partial charge < -0.3 is 14.4 Å². The van der Waals surface area contributed by atoms with Gasteiger partial charge in [0.1, 0.15) is 6.61 Å². The SMILES string of the molecule is COc1cc(C)c(N=C[C@@H]2Cc3ccccc3N2C=O)cc1OCc1ccccc1. The fraction of sp³-hybridized carbons (Fsp3) is 0.200. The first-order valence-electron chi connectivity index (χ1n) is 9.90. The maximum absolute atomic E-state index is 11.6. The van der Waals surface area contributed by atoms with E-state index in [1.807, 2.05) is 79.9 Å². The molecule has 0 spiro atoms. The van der Waals surface area contributed by atoms with Crippen molar-refractivity contribution in [2.45, 2.75) is 26.0 Å². The van der Waals surface area contributed by atoms with E-state index in [-0.39, 0.29) is 6.04 Å². The quantitative estimate of drug-likeness (QED) is 0.420. The van der Waals surface area contributed by atoms with Gasteiger partial charge in [-0.15, -0.1) is 0 Å². The summed E-state index contributed by atoms with van der Waals surface area (Å²) >= 11 is 0. The molecule has 0 aliphatic carbocycles. The average molecular weight is 400 g/mol. The smallest absolute Gasteiger partial charge is 0.214 e. The van der Waals surface area contributed by atoms with Crippen LogP contribution in [0.2, 0.25) is 0 Å². The highest BCUT2D eigenvalue weighted by molar-refractivity contribution is 5.90. The van der Waals surface area contributed by atoms with Crippen LogP contribution in [0.15, 0.2) is 71.7 Å². The Labute approximate surface area is 176 Å². The number of aryl methyl sites for hydroxylation is 1. The number of anilines is 1. The number of aliphatic imine (C=N–C) groups is 1. The van der Waals surface area contributed by atoms with Gasteiger partial charge in [-0.05, 0) is 35.7 Å². The van der Waals surface area contributed by atoms with E-state index >= 15 is 0 Å². The molecule has 1 aliphatic rings. The number of carbonyl (C=O) groups is 1. The number of hydrogen-bond donors (Lipinski definition) is 0. The van der Waals surface area contributed by atoms with Gasteiger partial charge in [0.25, 0.3) is 0 Å². The fourth-order valence-corrected chi connectivity index (χ4v) is 3.66. The third-order valence-corrected chi connectivity index (χ3v) is 5.27. The Morgan fingerprint density at radius 1 is 1.07 bits per heavy atom. The lowest BCUT2D eigenvalue weighted by Gasteiger charge is -2.17. The topological polar surface area (TPSA) is 51.1 Å². The number of para-hydroxylation sites is 1. The molecule has 30 heavy (non-hydrogen) atoms. The molecule has 152 valence electrons. The average Bonchev–Trinajstić information content (AvgIpc) is 3.15. The zero-order valence-electron chi connectivity index (χ0n) is 17.1. The van der Waals surface area contributed by atoms with Crippen LogP contribution in [0.1, 0.15) is 16.7 Å². The third kappa shape index (κ3) is 4.06. The Bertz CT molecular complexity index is 1060. The van der Waals surface area contributed by atoms with E-state index in [2.05, 4.69) is 0 Å². The summed E-state index contributed by atoms with van der Waals surface area (Å²) in [5, 5.41) is 0. The number of hydrogen-bond acceptors (Lipinski definition) is 4. The van der Waals surface area contributed by atoms with Crippen molar-refractivity contribution in [3.8, 4) is 11.5 Å². The lowest BCUT2D eigenvalue weighted by molar-refractivity contribution is -0.107. The van der Waals surface area contributed by atoms with Crippen LogP contribution in [0.4, 0.5) is 11.4 Å². The number of methoxy groups -OCH3 is 1. The van der Waals surface area contributed by atoms with Crippen LogP contribution in [-0.2, 0) is 17.8 Å². The van der Waals surface area contributed by atoms with Crippen LogP contribution in [0, 0.1) is 6.92 Å². The van der Waals surface area contributed by atoms with Crippen molar-refractivity contribution in [3.05, 3.63) is 83.4 Å². The first-order valence-corrected chi connectivity index (χ1v) is 9.90. The van der Waals surface area contributed by atoms with Crippen LogP contribution in [0.5, 0.6) is 11.5 Å². The molecule has 0 saturated heterocycles. The molecular weight excluding hydrogens is 376 g/mol. The molecule has 0 N–H and O–H groups in total. The summed E-state index contributed by atoms with van der Waals surface area (Å²) in [7, 11) is 1.63. The predicted molar refractivity (Wildman–Crippen MR) is 119 cm³/mol. The number of ether oxygens (including phenoxy) is 2. The highest BCUT2D eigenvalue weighted by atomic mass is 16.5. The molecule has 3 aromatic carbocycles. The van der Waals surface area contributed by atoms with Crippen LogP contribution >= 0.6 is 0 Å². The summed E-state index contributed by atoms with van der Waals surface area (Å²) < 4.78 is 11.5. The molecule has 3 aromatic rings. The van der Waals surface area contributed by atoms with E-state index in [9.17, 15) is 4.79 Å². The van der Waals surface area contributed by atoms with Gasteiger partial charge in [-0.25, -0.2) is 0 Å². The Balaban J connectivity index is 1.56. The van der Waals surface area contributed by atoms with Gasteiger partial charge in [0.15, 0.2) is 11.5 Å². The molecule has 5 nitrogen and oxygen atoms in total. The van der Waals surface area contributed by atoms with Gasteiger partial charge in [-0.3, -0.25) is 9.79 Å². The van der Waals surface area contributed by atoms with E-state index in [1.54, 1.807) is 12.0 Å². The molecule has 5 heteroatoms. The van der Waals surface area contributed by atoms with Crippen LogP contribution in [-0.4, -0.2) is 25.8 Å². The van der Waals surface area contributed by atoms with Crippen LogP contribution in [0.25, 0.3) is 0 Å². The second kappa shape index (κ2) is 8.82. The number of benzene rings is 3. The zero-order valence-corrected chi connectivity index (χ0v) is 17.1. The summed E-state index contributed by atoms with van der Waals surface area (Å²) in [6.45, 7) is 2.43. The second-order valence-electron chi connectivity index (χ2n) is 7.25. The monoisotopic (exact) mass is 400 g/mol. The van der Waals surface area contributed by atoms with Crippen molar-refractivity contribution in [1.82, 2.24) is 0 Å². The summed E-state index contributed by atoms with van der Waals surface area (Å²) in [5.41, 5.74) is 4.95. The second-order valence-corrected chi connectivity index (χ2v) is 7.25. The van der Waals surface area contributed by atoms with Gasteiger partial charge in [0.05, 0.1) is 18.8 Å². The number of amides is 1. The van der Waals surface area contributed by atoms with E-state index in [4.69, 9.17) is 14.5 Å². The molecular formula is C25H24N2O3. The molecule has 1 heterocycles. The number of carbonyl (C=O) groups excluding carboxylic acids is 1. The summed E-state index contributed by atoms with van der Waals surface area (Å²) in [5.74, 6) is 1.31. The molecule has 0 saturated carbocycles. The van der Waals surface area contributed by atoms with Crippen molar-refractivity contribution in [2.24, 2.45) is 4.99 Å². The highest BCUT2D eigenvalue weighted by Crippen LogP contribution is 2.36. The first-order chi connectivity index (χ1) is 14.7. The predicted octanol–water partition coefficient (Wildman–Crippen LogP) is 4.87. The van der Waals surface area contributed by atoms with Crippen molar-refractivity contribution in [3.63, 3.8) is 0 Å². The van der Waals surface area contributed by atoms with Crippen LogP contribution in [0.3, 0.4) is 0 Å². The largest absolute Gasteiger partial charge is 0.493 e. The van der Waals surface area contributed by atoms with E-state index < -0.39 is 0 Å². The molecule has 0 unspecified atom stereocenters. The minimum atomic E-state index is -0.102. The van der Waals surface area contributed by atoms with Gasteiger partial charge >= 0.3 is 0 Å². The van der Waals surface area contributed by atoms with Crippen molar-refractivity contribution >= 4 is 24.0 Å². The molecule has 0 radical (unpaired) electrons. The molecule has 0 fully saturated rings. The molecule has 0 bridgehead atoms. The van der Waals surface area contributed by atoms with E-state index in [0.29, 0.717) is 18.1 Å². The minimum Gasteiger partial charge on any atom is -0.493 e. The number of rotatable bonds is 7. The van der Waals surface area contributed by atoms with Crippen molar-refractivity contribution in [2.75, 3.05) is 12.0 Å². The minimum absolute atomic E-state index is 0.102. The first kappa shape index (κ1) is 19.7. The third-order valence-electron chi connectivity index (χ3n) is 5.27. The molecule has 4 rings (SSSR count). The van der Waals surface area contributed by atoms with Gasteiger partial charge in [0, 0.05) is 24.4 Å². The lowest BCUT2D eigenvalue weighted by Crippen LogP contribution is -2.31. The lowest BCUT2D eigenvalue weighted by atomic mass is 10.1. The summed E-state index contributed by atoms with van der Waals surface area (Å²) in [6, 6.07) is 21.6. The number of fused-ring (bicyclic) bond motifs is 1. The Morgan fingerprint density at radius 2 is 1.83 bits per heavy atom. The highest BCUT2D eigenvalue weighted by Gasteiger charge is 2.27. The van der Waals surface area contributed by atoms with Gasteiger partial charge in [-0.2, -0.15) is 0 Å². The van der Waals surface area contributed by atoms with Gasteiger partial charge in [-0.1, -0.05) is 48.5 Å². The van der Waals surface area contributed by atoms with Crippen molar-refractivity contribution in [1.29, 1.82) is 0 Å². The maximum atomic E-state index is 11.6. The Hall–Kier alpha value is -3.60. The Morgan fingerprint density at radius 3 is 2.60 bits per heavy atom. The molecule has 1 aliphatic heterocycles. The Kier molecular flexibility index (Phi) is 5.80. The van der Waals surface area contributed by atoms with E-state index in [0.717, 1.165) is 40.9 Å². The molecule has 1 amide bonds.